The molecule has 5 heteroatoms. The predicted octanol–water partition coefficient (Wildman–Crippen LogP) is 1.38. The minimum Gasteiger partial charge on any atom is -0.395 e. The summed E-state index contributed by atoms with van der Waals surface area (Å²) in [6, 6.07) is 5.49. The highest BCUT2D eigenvalue weighted by molar-refractivity contribution is 5.94. The zero-order valence-corrected chi connectivity index (χ0v) is 11.8. The normalized spacial score (nSPS) is 9.81. The van der Waals surface area contributed by atoms with Crippen molar-refractivity contribution in [3.63, 3.8) is 0 Å². The van der Waals surface area contributed by atoms with Gasteiger partial charge in [0.1, 0.15) is 0 Å². The van der Waals surface area contributed by atoms with Crippen molar-refractivity contribution in [3.05, 3.63) is 52.8 Å². The quantitative estimate of drug-likeness (QED) is 0.742. The van der Waals surface area contributed by atoms with Crippen LogP contribution in [0.4, 0.5) is 0 Å². The van der Waals surface area contributed by atoms with Crippen molar-refractivity contribution in [3.8, 4) is 11.8 Å². The van der Waals surface area contributed by atoms with E-state index < -0.39 is 0 Å². The Balaban J connectivity index is 2.08. The molecule has 0 bridgehead atoms. The Kier molecular flexibility index (Phi) is 5.13. The van der Waals surface area contributed by atoms with E-state index in [1.54, 1.807) is 18.5 Å². The van der Waals surface area contributed by atoms with Crippen LogP contribution in [-0.2, 0) is 6.54 Å². The molecule has 1 amide bonds. The molecule has 0 unspecified atom stereocenters. The smallest absolute Gasteiger partial charge is 0.251 e. The van der Waals surface area contributed by atoms with Gasteiger partial charge in [0.2, 0.25) is 0 Å². The molecular formula is C16H17N3O2. The number of hydrogen-bond acceptors (Lipinski definition) is 3. The molecule has 1 heterocycles. The fraction of sp³-hybridized carbons (Fsp3) is 0.250. The largest absolute Gasteiger partial charge is 0.395 e. The number of rotatable bonds is 4. The minimum absolute atomic E-state index is 0.0386. The lowest BCUT2D eigenvalue weighted by Gasteiger charge is -2.05. The molecule has 0 radical (unpaired) electrons. The molecule has 0 saturated carbocycles. The van der Waals surface area contributed by atoms with Gasteiger partial charge >= 0.3 is 0 Å². The third kappa shape index (κ3) is 4.48. The van der Waals surface area contributed by atoms with Gasteiger partial charge in [-0.2, -0.15) is 5.10 Å². The van der Waals surface area contributed by atoms with E-state index in [-0.39, 0.29) is 12.5 Å². The molecule has 1 aromatic carbocycles. The Morgan fingerprint density at radius 2 is 2.29 bits per heavy atom. The fourth-order valence-electron chi connectivity index (χ4n) is 1.87. The maximum absolute atomic E-state index is 12.1. The Bertz CT molecular complexity index is 667. The molecule has 0 spiro atoms. The summed E-state index contributed by atoms with van der Waals surface area (Å²) in [6.45, 7) is 2.38. The Labute approximate surface area is 123 Å². The maximum atomic E-state index is 12.1. The van der Waals surface area contributed by atoms with E-state index in [1.165, 1.54) is 0 Å². The summed E-state index contributed by atoms with van der Waals surface area (Å²) in [5.41, 5.74) is 3.24. The summed E-state index contributed by atoms with van der Waals surface area (Å²) < 4.78 is 0. The first-order chi connectivity index (χ1) is 10.2. The number of aromatic nitrogens is 2. The molecule has 108 valence electrons. The summed E-state index contributed by atoms with van der Waals surface area (Å²) in [6.07, 6.45) is 3.83. The first-order valence-electron chi connectivity index (χ1n) is 6.66. The Hall–Kier alpha value is -2.58. The van der Waals surface area contributed by atoms with Gasteiger partial charge in [-0.1, -0.05) is 11.8 Å². The highest BCUT2D eigenvalue weighted by atomic mass is 16.2. The zero-order valence-electron chi connectivity index (χ0n) is 11.8. The minimum atomic E-state index is -0.148. The number of carbonyl (C=O) groups excluding carboxylic acids is 1. The molecular weight excluding hydrogens is 266 g/mol. The van der Waals surface area contributed by atoms with Crippen LogP contribution >= 0.6 is 0 Å². The summed E-state index contributed by atoms with van der Waals surface area (Å²) in [7, 11) is 0. The zero-order chi connectivity index (χ0) is 15.1. The molecule has 1 aromatic heterocycles. The summed E-state index contributed by atoms with van der Waals surface area (Å²) in [5, 5.41) is 18.1. The van der Waals surface area contributed by atoms with E-state index in [1.807, 2.05) is 19.1 Å². The van der Waals surface area contributed by atoms with Crippen molar-refractivity contribution in [1.82, 2.24) is 15.5 Å². The second-order valence-corrected chi connectivity index (χ2v) is 4.65. The standard InChI is InChI=1S/C16H17N3O2/c1-12-6-13(4-2-3-5-20)8-15(7-12)16(21)17-9-14-10-18-19-11-14/h6-8,10-11,20H,3,5,9H2,1H3,(H,17,21)(H,18,19). The van der Waals surface area contributed by atoms with E-state index in [9.17, 15) is 4.79 Å². The van der Waals surface area contributed by atoms with Crippen molar-refractivity contribution < 1.29 is 9.90 Å². The van der Waals surface area contributed by atoms with Crippen LogP contribution < -0.4 is 5.32 Å². The van der Waals surface area contributed by atoms with Gasteiger partial charge in [-0.15, -0.1) is 0 Å². The van der Waals surface area contributed by atoms with E-state index in [0.29, 0.717) is 18.5 Å². The van der Waals surface area contributed by atoms with E-state index in [4.69, 9.17) is 5.11 Å². The molecule has 3 N–H and O–H groups in total. The van der Waals surface area contributed by atoms with Crippen molar-refractivity contribution in [2.75, 3.05) is 6.61 Å². The lowest BCUT2D eigenvalue weighted by Crippen LogP contribution is -2.22. The SMILES string of the molecule is Cc1cc(C#CCCO)cc(C(=O)NCc2cn[nH]c2)c1. The average molecular weight is 283 g/mol. The van der Waals surface area contributed by atoms with Gasteiger partial charge in [-0.05, 0) is 30.7 Å². The van der Waals surface area contributed by atoms with Crippen LogP contribution in [0.15, 0.2) is 30.6 Å². The van der Waals surface area contributed by atoms with E-state index >= 15 is 0 Å². The molecule has 0 atom stereocenters. The molecule has 2 rings (SSSR count). The Morgan fingerprint density at radius 3 is 3.00 bits per heavy atom. The molecule has 0 aliphatic heterocycles. The van der Waals surface area contributed by atoms with Gasteiger partial charge in [0.25, 0.3) is 5.91 Å². The highest BCUT2D eigenvalue weighted by Gasteiger charge is 2.07. The topological polar surface area (TPSA) is 78.0 Å². The number of aromatic amines is 1. The number of hydrogen-bond donors (Lipinski definition) is 3. The summed E-state index contributed by atoms with van der Waals surface area (Å²) >= 11 is 0. The molecule has 2 aromatic rings. The third-order valence-electron chi connectivity index (χ3n) is 2.82. The van der Waals surface area contributed by atoms with Crippen LogP contribution in [0.3, 0.4) is 0 Å². The van der Waals surface area contributed by atoms with Crippen molar-refractivity contribution in [2.24, 2.45) is 0 Å². The second-order valence-electron chi connectivity index (χ2n) is 4.65. The third-order valence-corrected chi connectivity index (χ3v) is 2.82. The van der Waals surface area contributed by atoms with Crippen LogP contribution in [-0.4, -0.2) is 27.8 Å². The Morgan fingerprint density at radius 1 is 1.43 bits per heavy atom. The van der Waals surface area contributed by atoms with Gasteiger partial charge in [-0.3, -0.25) is 9.89 Å². The van der Waals surface area contributed by atoms with E-state index in [0.717, 1.165) is 16.7 Å². The predicted molar refractivity (Wildman–Crippen MR) is 79.5 cm³/mol. The van der Waals surface area contributed by atoms with Crippen LogP contribution in [0, 0.1) is 18.8 Å². The number of aliphatic hydroxyl groups excluding tert-OH is 1. The van der Waals surface area contributed by atoms with Gasteiger partial charge in [0, 0.05) is 35.9 Å². The van der Waals surface area contributed by atoms with Gasteiger partial charge < -0.3 is 10.4 Å². The first-order valence-corrected chi connectivity index (χ1v) is 6.66. The van der Waals surface area contributed by atoms with Crippen LogP contribution in [0.2, 0.25) is 0 Å². The van der Waals surface area contributed by atoms with Crippen LogP contribution in [0.1, 0.15) is 33.5 Å². The van der Waals surface area contributed by atoms with Crippen LogP contribution in [0.25, 0.3) is 0 Å². The highest BCUT2D eigenvalue weighted by Crippen LogP contribution is 2.09. The summed E-state index contributed by atoms with van der Waals surface area (Å²) in [4.78, 5) is 12.1. The first kappa shape index (κ1) is 14.8. The van der Waals surface area contributed by atoms with E-state index in [2.05, 4.69) is 27.4 Å². The van der Waals surface area contributed by atoms with Crippen molar-refractivity contribution >= 4 is 5.91 Å². The van der Waals surface area contributed by atoms with Crippen molar-refractivity contribution in [2.45, 2.75) is 19.9 Å². The number of nitrogens with one attached hydrogen (secondary N) is 2. The number of H-pyrrole nitrogens is 1. The number of aliphatic hydroxyl groups is 1. The molecule has 0 fully saturated rings. The number of benzene rings is 1. The molecule has 0 aliphatic rings. The number of aryl methyl sites for hydroxylation is 1. The van der Waals surface area contributed by atoms with Gasteiger partial charge in [0.05, 0.1) is 12.8 Å². The lowest BCUT2D eigenvalue weighted by atomic mass is 10.1. The molecule has 21 heavy (non-hydrogen) atoms. The fourth-order valence-corrected chi connectivity index (χ4v) is 1.87. The number of amides is 1. The van der Waals surface area contributed by atoms with Crippen LogP contribution in [0.5, 0.6) is 0 Å². The summed E-state index contributed by atoms with van der Waals surface area (Å²) in [5.74, 6) is 5.65. The molecule has 0 saturated heterocycles. The van der Waals surface area contributed by atoms with Gasteiger partial charge in [-0.25, -0.2) is 0 Å². The molecule has 5 nitrogen and oxygen atoms in total. The number of nitrogens with zero attached hydrogens (tertiary/aromatic N) is 1. The average Bonchev–Trinajstić information content (AvgIpc) is 2.98. The number of carbonyl (C=O) groups is 1. The maximum Gasteiger partial charge on any atom is 0.251 e. The molecule has 0 aliphatic carbocycles. The van der Waals surface area contributed by atoms with Gasteiger partial charge in [0.15, 0.2) is 0 Å². The second kappa shape index (κ2) is 7.27. The monoisotopic (exact) mass is 283 g/mol. The van der Waals surface area contributed by atoms with Crippen molar-refractivity contribution in [1.29, 1.82) is 0 Å². The lowest BCUT2D eigenvalue weighted by molar-refractivity contribution is 0.0951.